The van der Waals surface area contributed by atoms with Crippen molar-refractivity contribution in [1.29, 1.82) is 0 Å². The molecule has 248 valence electrons. The summed E-state index contributed by atoms with van der Waals surface area (Å²) in [6.07, 6.45) is 4.71. The van der Waals surface area contributed by atoms with E-state index in [0.717, 1.165) is 46.5 Å². The normalized spacial score (nSPS) is 16.8. The minimum atomic E-state index is -0.303. The highest BCUT2D eigenvalue weighted by molar-refractivity contribution is 6.00. The van der Waals surface area contributed by atoms with Gasteiger partial charge in [0.15, 0.2) is 5.54 Å². The molecule has 3 aromatic rings. The van der Waals surface area contributed by atoms with Crippen molar-refractivity contribution >= 4 is 28.4 Å². The topological polar surface area (TPSA) is 41.8 Å². The van der Waals surface area contributed by atoms with Crippen LogP contribution in [0.4, 0.5) is 5.69 Å². The molecule has 3 aromatic carbocycles. The zero-order valence-corrected chi connectivity index (χ0v) is 30.6. The summed E-state index contributed by atoms with van der Waals surface area (Å²) in [4.78, 5) is 16.1. The molecule has 0 fully saturated rings. The summed E-state index contributed by atoms with van der Waals surface area (Å²) in [5, 5.41) is 2.15. The number of hydrogen-bond donors (Lipinski definition) is 0. The van der Waals surface area contributed by atoms with Crippen molar-refractivity contribution < 1.29 is 14.3 Å². The van der Waals surface area contributed by atoms with Crippen LogP contribution in [-0.4, -0.2) is 36.7 Å². The molecule has 3 heterocycles. The van der Waals surface area contributed by atoms with E-state index in [-0.39, 0.29) is 23.0 Å². The lowest BCUT2D eigenvalue weighted by Gasteiger charge is -2.43. The molecule has 0 atom stereocenters. The number of anilines is 1. The zero-order valence-electron chi connectivity index (χ0n) is 30.6. The molecule has 5 heteroatoms. The standard InChI is InChI=1S/C40H47N2O3.C2H6/c1-11-41-33-19-35-31(17-29(33)25(5)21-39(41,7)8)37(27-15-13-14-16-28(27)38(43)44-23-24(3)4)32-18-30-26(6)22-40(9,10)42(12-2)34(30)20-36(32)45-35;1-2/h13-22,24H,11-12,23H2,1-10H3;1-2H3/q+1;. The van der Waals surface area contributed by atoms with E-state index in [2.05, 4.69) is 115 Å². The van der Waals surface area contributed by atoms with Crippen molar-refractivity contribution in [3.63, 3.8) is 0 Å². The van der Waals surface area contributed by atoms with E-state index in [0.29, 0.717) is 12.2 Å². The highest BCUT2D eigenvalue weighted by Gasteiger charge is 2.36. The minimum absolute atomic E-state index is 0.123. The largest absolute Gasteiger partial charge is 0.462 e. The summed E-state index contributed by atoms with van der Waals surface area (Å²) in [6.45, 7) is 28.1. The first-order valence-electron chi connectivity index (χ1n) is 17.4. The molecule has 47 heavy (non-hydrogen) atoms. The fourth-order valence-corrected chi connectivity index (χ4v) is 7.68. The number of ether oxygens (including phenoxy) is 2. The highest BCUT2D eigenvalue weighted by atomic mass is 16.5. The third kappa shape index (κ3) is 5.94. The van der Waals surface area contributed by atoms with Gasteiger partial charge in [-0.2, -0.15) is 0 Å². The molecular formula is C42H53N2O3+. The lowest BCUT2D eigenvalue weighted by molar-refractivity contribution is 0.0458. The van der Waals surface area contributed by atoms with Gasteiger partial charge in [-0.1, -0.05) is 52.0 Å². The Morgan fingerprint density at radius 1 is 0.872 bits per heavy atom. The maximum Gasteiger partial charge on any atom is 0.338 e. The Morgan fingerprint density at radius 2 is 1.55 bits per heavy atom. The van der Waals surface area contributed by atoms with Crippen LogP contribution in [0.1, 0.15) is 116 Å². The maximum atomic E-state index is 13.6. The Labute approximate surface area is 281 Å². The van der Waals surface area contributed by atoms with Gasteiger partial charge in [0.05, 0.1) is 23.8 Å². The smallest absolute Gasteiger partial charge is 0.338 e. The number of fused-ring (bicyclic) bond motifs is 4. The molecule has 0 unspecified atom stereocenters. The minimum Gasteiger partial charge on any atom is -0.462 e. The van der Waals surface area contributed by atoms with Crippen LogP contribution in [0.2, 0.25) is 0 Å². The van der Waals surface area contributed by atoms with E-state index in [1.54, 1.807) is 0 Å². The van der Waals surface area contributed by atoms with E-state index in [1.165, 1.54) is 33.3 Å². The summed E-state index contributed by atoms with van der Waals surface area (Å²) in [7, 11) is 0. The molecule has 0 radical (unpaired) electrons. The first-order valence-corrected chi connectivity index (χ1v) is 17.4. The second kappa shape index (κ2) is 12.8. The van der Waals surface area contributed by atoms with Crippen LogP contribution in [0, 0.1) is 5.92 Å². The van der Waals surface area contributed by atoms with Gasteiger partial charge in [0.2, 0.25) is 5.36 Å². The van der Waals surface area contributed by atoms with Crippen LogP contribution in [0.15, 0.2) is 60.7 Å². The van der Waals surface area contributed by atoms with Gasteiger partial charge in [0, 0.05) is 59.6 Å². The molecule has 3 aliphatic rings. The van der Waals surface area contributed by atoms with Gasteiger partial charge >= 0.3 is 5.97 Å². The number of allylic oxidation sites excluding steroid dienone is 2. The maximum absolute atomic E-state index is 13.6. The van der Waals surface area contributed by atoms with Crippen molar-refractivity contribution in [2.45, 2.75) is 94.2 Å². The van der Waals surface area contributed by atoms with Crippen molar-refractivity contribution in [3.05, 3.63) is 99.1 Å². The Morgan fingerprint density at radius 3 is 2.21 bits per heavy atom. The molecule has 0 amide bonds. The Bertz CT molecular complexity index is 1920. The van der Waals surface area contributed by atoms with E-state index < -0.39 is 0 Å². The molecule has 0 N–H and O–H groups in total. The first kappa shape index (κ1) is 34.2. The molecule has 0 bridgehead atoms. The average Bonchev–Trinajstić information content (AvgIpc) is 3.01. The number of carbonyl (C=O) groups is 1. The summed E-state index contributed by atoms with van der Waals surface area (Å²) < 4.78 is 15.1. The predicted molar refractivity (Wildman–Crippen MR) is 197 cm³/mol. The number of nitrogens with zero attached hydrogens (tertiary/aromatic N) is 2. The Kier molecular flexibility index (Phi) is 9.34. The molecule has 0 saturated carbocycles. The van der Waals surface area contributed by atoms with Gasteiger partial charge in [0.25, 0.3) is 0 Å². The second-order valence-corrected chi connectivity index (χ2v) is 14.2. The number of carbonyl (C=O) groups excluding carboxylic acids is 1. The third-order valence-corrected chi connectivity index (χ3v) is 9.51. The van der Waals surface area contributed by atoms with E-state index in [1.807, 2.05) is 38.1 Å². The van der Waals surface area contributed by atoms with Crippen molar-refractivity contribution in [2.24, 2.45) is 5.92 Å². The molecule has 0 spiro atoms. The average molecular weight is 634 g/mol. The molecule has 0 aromatic heterocycles. The van der Waals surface area contributed by atoms with Crippen molar-refractivity contribution in [1.82, 2.24) is 4.58 Å². The van der Waals surface area contributed by atoms with Gasteiger partial charge in [-0.3, -0.25) is 0 Å². The molecular weight excluding hydrogens is 580 g/mol. The molecule has 0 aliphatic carbocycles. The number of benzene rings is 3. The monoisotopic (exact) mass is 633 g/mol. The van der Waals surface area contributed by atoms with Crippen molar-refractivity contribution in [3.8, 4) is 11.5 Å². The third-order valence-electron chi connectivity index (χ3n) is 9.51. The number of likely N-dealkylation sites (N-methyl/N-ethyl adjacent to an activating group) is 2. The SMILES string of the molecule is CC.CCN1c2cc3c(cc2C(C)=CC1(C)C)C(c1ccccc1C(=O)OCC(C)C)=c1cc2c(cc1O3)=[N+](CC)C(C)(C)C=C2C. The zero-order chi connectivity index (χ0) is 34.4. The Balaban J connectivity index is 0.00000213. The number of hydrogen-bond acceptors (Lipinski definition) is 4. The Hall–Kier alpha value is -4.12. The molecule has 3 aliphatic heterocycles. The van der Waals surface area contributed by atoms with Crippen LogP contribution in [-0.2, 0) is 4.74 Å². The van der Waals surface area contributed by atoms with Crippen molar-refractivity contribution in [2.75, 3.05) is 24.6 Å². The van der Waals surface area contributed by atoms with Crippen LogP contribution in [0.25, 0.3) is 16.7 Å². The number of esters is 1. The van der Waals surface area contributed by atoms with Gasteiger partial charge in [-0.05, 0) is 88.4 Å². The van der Waals surface area contributed by atoms with Crippen LogP contribution in [0.5, 0.6) is 11.5 Å². The summed E-state index contributed by atoms with van der Waals surface area (Å²) in [5.74, 6) is 1.55. The molecule has 0 saturated heterocycles. The van der Waals surface area contributed by atoms with Gasteiger partial charge < -0.3 is 14.4 Å². The van der Waals surface area contributed by atoms with Gasteiger partial charge in [-0.25, -0.2) is 9.37 Å². The molecule has 6 rings (SSSR count). The highest BCUT2D eigenvalue weighted by Crippen LogP contribution is 2.46. The quantitative estimate of drug-likeness (QED) is 0.158. The van der Waals surface area contributed by atoms with Gasteiger partial charge in [0.1, 0.15) is 18.0 Å². The summed E-state index contributed by atoms with van der Waals surface area (Å²) >= 11 is 0. The second-order valence-electron chi connectivity index (χ2n) is 14.2. The first-order chi connectivity index (χ1) is 22.3. The summed E-state index contributed by atoms with van der Waals surface area (Å²) in [6, 6.07) is 16.8. The lowest BCUT2D eigenvalue weighted by Crippen LogP contribution is -2.49. The van der Waals surface area contributed by atoms with Crippen LogP contribution in [0.3, 0.4) is 0 Å². The van der Waals surface area contributed by atoms with Gasteiger partial charge in [-0.15, -0.1) is 0 Å². The number of rotatable bonds is 6. The van der Waals surface area contributed by atoms with Crippen LogP contribution < -0.4 is 24.8 Å². The van der Waals surface area contributed by atoms with E-state index in [9.17, 15) is 4.79 Å². The van der Waals surface area contributed by atoms with E-state index >= 15 is 0 Å². The fraction of sp³-hybridized carbons (Fsp3) is 0.429. The lowest BCUT2D eigenvalue weighted by atomic mass is 9.83. The predicted octanol–water partition coefficient (Wildman–Crippen LogP) is 8.61. The van der Waals surface area contributed by atoms with E-state index in [4.69, 9.17) is 9.47 Å². The summed E-state index contributed by atoms with van der Waals surface area (Å²) in [5.41, 5.74) is 9.17. The fourth-order valence-electron chi connectivity index (χ4n) is 7.68. The van der Waals surface area contributed by atoms with Crippen LogP contribution >= 0.6 is 0 Å². The molecule has 5 nitrogen and oxygen atoms in total.